The van der Waals surface area contributed by atoms with Crippen LogP contribution in [0.4, 0.5) is 11.6 Å². The van der Waals surface area contributed by atoms with Crippen LogP contribution >= 0.6 is 0 Å². The van der Waals surface area contributed by atoms with Crippen LogP contribution < -0.4 is 0 Å². The average molecular weight is 444 g/mol. The van der Waals surface area contributed by atoms with Crippen molar-refractivity contribution in [2.45, 2.75) is 38.1 Å². The number of nitriles is 1. The van der Waals surface area contributed by atoms with Crippen LogP contribution in [0.15, 0.2) is 51.4 Å². The quantitative estimate of drug-likeness (QED) is 0.378. The molecule has 0 saturated heterocycles. The number of rotatable bonds is 5. The molecule has 0 amide bonds. The van der Waals surface area contributed by atoms with E-state index in [4.69, 9.17) is 9.68 Å². The Hall–Kier alpha value is -4.26. The molecule has 10 nitrogen and oxygen atoms in total. The lowest BCUT2D eigenvalue weighted by atomic mass is 9.84. The van der Waals surface area contributed by atoms with Gasteiger partial charge in [-0.1, -0.05) is 0 Å². The van der Waals surface area contributed by atoms with E-state index in [2.05, 4.69) is 26.3 Å². The molecule has 0 unspecified atom stereocenters. The zero-order valence-corrected chi connectivity index (χ0v) is 17.5. The molecule has 10 heteroatoms. The lowest BCUT2D eigenvalue weighted by Crippen LogP contribution is -2.18. The second-order valence-electron chi connectivity index (χ2n) is 8.15. The molecule has 0 radical (unpaired) electrons. The van der Waals surface area contributed by atoms with Crippen molar-refractivity contribution < 1.29 is 19.4 Å². The molecule has 0 bridgehead atoms. The van der Waals surface area contributed by atoms with Crippen molar-refractivity contribution in [1.82, 2.24) is 14.5 Å². The Morgan fingerprint density at radius 1 is 1.21 bits per heavy atom. The molecule has 1 aliphatic carbocycles. The third-order valence-electron chi connectivity index (χ3n) is 6.13. The summed E-state index contributed by atoms with van der Waals surface area (Å²) in [5.74, 6) is -0.835. The highest BCUT2D eigenvalue weighted by molar-refractivity contribution is 5.99. The number of benzene rings is 1. The van der Waals surface area contributed by atoms with Crippen LogP contribution in [0.1, 0.15) is 48.5 Å². The molecule has 4 aromatic rings. The fraction of sp³-hybridized carbons (Fsp3) is 0.304. The molecule has 3 heterocycles. The Balaban J connectivity index is 1.58. The van der Waals surface area contributed by atoms with Gasteiger partial charge in [0.25, 0.3) is 5.95 Å². The third kappa shape index (κ3) is 3.78. The van der Waals surface area contributed by atoms with Crippen LogP contribution in [0.2, 0.25) is 0 Å². The minimum atomic E-state index is -1.25. The Labute approximate surface area is 187 Å². The second kappa shape index (κ2) is 8.35. The Bertz CT molecular complexity index is 1420. The Morgan fingerprint density at radius 3 is 2.79 bits per heavy atom. The molecule has 1 saturated carbocycles. The average Bonchev–Trinajstić information content (AvgIpc) is 3.43. The molecular weight excluding hydrogens is 424 g/mol. The number of aromatic nitrogens is 3. The summed E-state index contributed by atoms with van der Waals surface area (Å²) < 4.78 is 7.74. The third-order valence-corrected chi connectivity index (χ3v) is 6.13. The zero-order chi connectivity index (χ0) is 22.9. The predicted octanol–water partition coefficient (Wildman–Crippen LogP) is 5.64. The number of furan rings is 1. The van der Waals surface area contributed by atoms with Gasteiger partial charge in [0.2, 0.25) is 0 Å². The van der Waals surface area contributed by atoms with Gasteiger partial charge in [-0.05, 0) is 49.8 Å². The first-order valence-electron chi connectivity index (χ1n) is 10.6. The largest absolute Gasteiger partial charge is 0.507 e. The maximum Gasteiger partial charge on any atom is 0.339 e. The summed E-state index contributed by atoms with van der Waals surface area (Å²) in [6, 6.07) is 8.17. The number of phenols is 1. The van der Waals surface area contributed by atoms with Gasteiger partial charge < -0.3 is 19.2 Å². The standard InChI is InChI=1S/C23H20N6O4/c24-9-7-13-1-4-15(5-2-13)29-20-18(12-25-17-8-10-33-21(17)20)26-23(29)28-27-14-3-6-19(30)16(11-14)22(31)32/h3,6,8,10-13,15,30H,1-2,4-5,7H2,(H,31,32)/b28-27+. The van der Waals surface area contributed by atoms with Crippen LogP contribution in [0.5, 0.6) is 5.75 Å². The SMILES string of the molecule is N#CCC1CCC(n2c(/N=N/c3ccc(O)c(C(=O)O)c3)nc3cnc4ccoc4c32)CC1. The molecule has 33 heavy (non-hydrogen) atoms. The van der Waals surface area contributed by atoms with Gasteiger partial charge in [0, 0.05) is 18.5 Å². The lowest BCUT2D eigenvalue weighted by molar-refractivity contribution is 0.0693. The summed E-state index contributed by atoms with van der Waals surface area (Å²) in [4.78, 5) is 20.3. The normalized spacial score (nSPS) is 18.8. The minimum Gasteiger partial charge on any atom is -0.507 e. The van der Waals surface area contributed by atoms with Crippen LogP contribution in [0.25, 0.3) is 22.1 Å². The first-order valence-corrected chi connectivity index (χ1v) is 10.6. The number of pyridine rings is 1. The highest BCUT2D eigenvalue weighted by atomic mass is 16.4. The van der Waals surface area contributed by atoms with Crippen molar-refractivity contribution in [3.05, 3.63) is 42.3 Å². The molecule has 5 rings (SSSR count). The van der Waals surface area contributed by atoms with Gasteiger partial charge in [0.05, 0.1) is 24.2 Å². The number of carboxylic acids is 1. The molecular formula is C23H20N6O4. The van der Waals surface area contributed by atoms with Crippen molar-refractivity contribution in [1.29, 1.82) is 5.26 Å². The summed E-state index contributed by atoms with van der Waals surface area (Å²) in [5.41, 5.74) is 2.79. The number of hydrogen-bond donors (Lipinski definition) is 2. The van der Waals surface area contributed by atoms with Crippen molar-refractivity contribution in [2.24, 2.45) is 16.1 Å². The number of nitrogens with zero attached hydrogens (tertiary/aromatic N) is 6. The Morgan fingerprint density at radius 2 is 2.03 bits per heavy atom. The summed E-state index contributed by atoms with van der Waals surface area (Å²) in [6.45, 7) is 0. The highest BCUT2D eigenvalue weighted by Gasteiger charge is 2.27. The summed E-state index contributed by atoms with van der Waals surface area (Å²) >= 11 is 0. The minimum absolute atomic E-state index is 0.101. The maximum absolute atomic E-state index is 11.3. The van der Waals surface area contributed by atoms with Gasteiger partial charge in [-0.2, -0.15) is 5.26 Å². The number of imidazole rings is 1. The van der Waals surface area contributed by atoms with Gasteiger partial charge in [0.1, 0.15) is 27.9 Å². The fourth-order valence-corrected chi connectivity index (χ4v) is 4.48. The van der Waals surface area contributed by atoms with Gasteiger partial charge in [0.15, 0.2) is 5.58 Å². The van der Waals surface area contributed by atoms with E-state index in [1.165, 1.54) is 18.2 Å². The lowest BCUT2D eigenvalue weighted by Gasteiger charge is -2.28. The smallest absolute Gasteiger partial charge is 0.339 e. The maximum atomic E-state index is 11.3. The Kier molecular flexibility index (Phi) is 5.22. The van der Waals surface area contributed by atoms with Gasteiger partial charge in [-0.25, -0.2) is 9.78 Å². The molecule has 3 aromatic heterocycles. The van der Waals surface area contributed by atoms with Gasteiger partial charge in [-0.3, -0.25) is 4.98 Å². The monoisotopic (exact) mass is 444 g/mol. The van der Waals surface area contributed by atoms with E-state index in [1.807, 2.05) is 4.57 Å². The van der Waals surface area contributed by atoms with E-state index in [0.29, 0.717) is 29.4 Å². The number of aromatic carboxylic acids is 1. The van der Waals surface area contributed by atoms with Crippen molar-refractivity contribution in [3.63, 3.8) is 0 Å². The van der Waals surface area contributed by atoms with Crippen molar-refractivity contribution >= 4 is 39.7 Å². The van der Waals surface area contributed by atoms with Crippen LogP contribution in [-0.2, 0) is 0 Å². The topological polar surface area (TPSA) is 150 Å². The second-order valence-corrected chi connectivity index (χ2v) is 8.15. The van der Waals surface area contributed by atoms with E-state index in [-0.39, 0.29) is 23.0 Å². The van der Waals surface area contributed by atoms with Crippen LogP contribution in [0.3, 0.4) is 0 Å². The first-order chi connectivity index (χ1) is 16.0. The number of fused-ring (bicyclic) bond motifs is 3. The van der Waals surface area contributed by atoms with Gasteiger partial charge in [-0.15, -0.1) is 10.2 Å². The molecule has 166 valence electrons. The summed E-state index contributed by atoms with van der Waals surface area (Å²) in [6.07, 6.45) is 7.42. The van der Waals surface area contributed by atoms with E-state index in [0.717, 1.165) is 36.7 Å². The van der Waals surface area contributed by atoms with E-state index >= 15 is 0 Å². The predicted molar refractivity (Wildman–Crippen MR) is 118 cm³/mol. The molecule has 2 N–H and O–H groups in total. The molecule has 0 spiro atoms. The van der Waals surface area contributed by atoms with E-state index in [9.17, 15) is 15.0 Å². The van der Waals surface area contributed by atoms with Crippen LogP contribution in [0, 0.1) is 17.2 Å². The summed E-state index contributed by atoms with van der Waals surface area (Å²) in [7, 11) is 0. The van der Waals surface area contributed by atoms with Crippen molar-refractivity contribution in [2.75, 3.05) is 0 Å². The molecule has 0 atom stereocenters. The first kappa shape index (κ1) is 20.6. The fourth-order valence-electron chi connectivity index (χ4n) is 4.48. The summed E-state index contributed by atoms with van der Waals surface area (Å²) in [5, 5.41) is 36.5. The molecule has 0 aliphatic heterocycles. The van der Waals surface area contributed by atoms with E-state index in [1.54, 1.807) is 18.5 Å². The number of aromatic hydroxyl groups is 1. The van der Waals surface area contributed by atoms with Crippen molar-refractivity contribution in [3.8, 4) is 11.8 Å². The zero-order valence-electron chi connectivity index (χ0n) is 17.5. The van der Waals surface area contributed by atoms with Crippen LogP contribution in [-0.4, -0.2) is 30.7 Å². The number of azo groups is 1. The number of carbonyl (C=O) groups is 1. The molecule has 1 fully saturated rings. The molecule has 1 aliphatic rings. The van der Waals surface area contributed by atoms with Gasteiger partial charge >= 0.3 is 5.97 Å². The highest BCUT2D eigenvalue weighted by Crippen LogP contribution is 2.40. The molecule has 1 aromatic carbocycles. The number of hydrogen-bond acceptors (Lipinski definition) is 8. The number of carboxylic acid groups (broad SMARTS) is 1. The van der Waals surface area contributed by atoms with E-state index < -0.39 is 5.97 Å².